The summed E-state index contributed by atoms with van der Waals surface area (Å²) in [5.74, 6) is 2.46. The number of aliphatic hydroxyl groups is 1. The standard InChI is InChI=1S/C26H28FN7O/c1-15-4-8-23(32-31-15)29-18-5-7-22-21(10-18)28-14-34(22)24-9-6-19(16(2)35)25(30-24)33-12-17-11-26(3,27)20(17)13-33/h4-10,14,16-17,20,35H,11-13H2,1-3H3,(H,29,32). The minimum atomic E-state index is -1.11. The fourth-order valence-corrected chi connectivity index (χ4v) is 5.49. The van der Waals surface area contributed by atoms with Gasteiger partial charge in [0.2, 0.25) is 0 Å². The number of hydrogen-bond acceptors (Lipinski definition) is 7. The highest BCUT2D eigenvalue weighted by molar-refractivity contribution is 5.82. The Balaban J connectivity index is 1.32. The fraction of sp³-hybridized carbons (Fsp3) is 0.385. The number of aromatic nitrogens is 5. The van der Waals surface area contributed by atoms with E-state index in [1.807, 2.05) is 54.0 Å². The SMILES string of the molecule is Cc1ccc(Nc2ccc3c(c2)ncn3-c2ccc(C(C)O)c(N3CC4CC(C)(F)C4C3)n2)nn1. The van der Waals surface area contributed by atoms with Crippen LogP contribution < -0.4 is 10.2 Å². The summed E-state index contributed by atoms with van der Waals surface area (Å²) in [6.07, 6.45) is 1.68. The van der Waals surface area contributed by atoms with Gasteiger partial charge in [-0.25, -0.2) is 14.4 Å². The number of anilines is 3. The Hall–Kier alpha value is -3.59. The molecule has 9 heteroatoms. The van der Waals surface area contributed by atoms with Gasteiger partial charge in [-0.3, -0.25) is 4.57 Å². The number of nitrogens with zero attached hydrogens (tertiary/aromatic N) is 6. The van der Waals surface area contributed by atoms with E-state index >= 15 is 0 Å². The molecule has 0 radical (unpaired) electrons. The number of aliphatic hydroxyl groups excluding tert-OH is 1. The van der Waals surface area contributed by atoms with Crippen LogP contribution >= 0.6 is 0 Å². The highest BCUT2D eigenvalue weighted by Gasteiger charge is 2.56. The molecule has 1 aliphatic carbocycles. The Morgan fingerprint density at radius 3 is 2.71 bits per heavy atom. The maximum Gasteiger partial charge on any atom is 0.153 e. The quantitative estimate of drug-likeness (QED) is 0.441. The summed E-state index contributed by atoms with van der Waals surface area (Å²) < 4.78 is 16.6. The lowest BCUT2D eigenvalue weighted by atomic mass is 9.65. The molecule has 0 amide bonds. The van der Waals surface area contributed by atoms with Gasteiger partial charge in [-0.15, -0.1) is 5.10 Å². The Kier molecular flexibility index (Phi) is 5.00. The maximum atomic E-state index is 14.7. The monoisotopic (exact) mass is 473 g/mol. The van der Waals surface area contributed by atoms with Crippen molar-refractivity contribution < 1.29 is 9.50 Å². The van der Waals surface area contributed by atoms with Crippen molar-refractivity contribution in [2.45, 2.75) is 39.0 Å². The first-order valence-electron chi connectivity index (χ1n) is 12.0. The maximum absolute atomic E-state index is 14.7. The van der Waals surface area contributed by atoms with Crippen LogP contribution in [0.4, 0.5) is 21.7 Å². The number of hydrogen-bond donors (Lipinski definition) is 2. The highest BCUT2D eigenvalue weighted by Crippen LogP contribution is 2.52. The van der Waals surface area contributed by atoms with Gasteiger partial charge in [-0.2, -0.15) is 5.10 Å². The summed E-state index contributed by atoms with van der Waals surface area (Å²) in [5, 5.41) is 21.9. The van der Waals surface area contributed by atoms with Crippen molar-refractivity contribution in [3.8, 4) is 5.82 Å². The van der Waals surface area contributed by atoms with Crippen LogP contribution in [0.2, 0.25) is 0 Å². The molecule has 4 aromatic rings. The zero-order valence-electron chi connectivity index (χ0n) is 20.0. The van der Waals surface area contributed by atoms with Gasteiger partial charge >= 0.3 is 0 Å². The molecule has 1 aromatic carbocycles. The number of alkyl halides is 1. The predicted molar refractivity (Wildman–Crippen MR) is 133 cm³/mol. The Morgan fingerprint density at radius 1 is 1.14 bits per heavy atom. The average Bonchev–Trinajstić information content (AvgIpc) is 3.42. The summed E-state index contributed by atoms with van der Waals surface area (Å²) >= 11 is 0. The van der Waals surface area contributed by atoms with Gasteiger partial charge in [0.25, 0.3) is 0 Å². The van der Waals surface area contributed by atoms with Gasteiger partial charge in [0, 0.05) is 30.3 Å². The van der Waals surface area contributed by atoms with Crippen molar-refractivity contribution in [2.24, 2.45) is 11.8 Å². The van der Waals surface area contributed by atoms with E-state index in [1.165, 1.54) is 0 Å². The van der Waals surface area contributed by atoms with Crippen LogP contribution in [-0.2, 0) is 0 Å². The fourth-order valence-electron chi connectivity index (χ4n) is 5.49. The summed E-state index contributed by atoms with van der Waals surface area (Å²) in [4.78, 5) is 11.7. The molecule has 2 aliphatic rings. The second-order valence-corrected chi connectivity index (χ2v) is 10.0. The molecule has 180 valence electrons. The molecule has 1 saturated carbocycles. The number of aryl methyl sites for hydroxylation is 1. The zero-order valence-corrected chi connectivity index (χ0v) is 20.0. The van der Waals surface area contributed by atoms with Gasteiger partial charge in [0.05, 0.1) is 22.8 Å². The smallest absolute Gasteiger partial charge is 0.153 e. The second-order valence-electron chi connectivity index (χ2n) is 10.0. The third-order valence-electron chi connectivity index (χ3n) is 7.38. The minimum absolute atomic E-state index is 0.0213. The summed E-state index contributed by atoms with van der Waals surface area (Å²) in [7, 11) is 0. The van der Waals surface area contributed by atoms with Gasteiger partial charge in [-0.05, 0) is 75.6 Å². The van der Waals surface area contributed by atoms with Crippen LogP contribution in [0.15, 0.2) is 48.8 Å². The molecule has 3 aromatic heterocycles. The first kappa shape index (κ1) is 21.9. The van der Waals surface area contributed by atoms with Crippen LogP contribution in [0.25, 0.3) is 16.9 Å². The Labute approximate surface area is 202 Å². The van der Waals surface area contributed by atoms with Gasteiger partial charge < -0.3 is 15.3 Å². The van der Waals surface area contributed by atoms with Crippen molar-refractivity contribution in [3.63, 3.8) is 0 Å². The summed E-state index contributed by atoms with van der Waals surface area (Å²) in [6, 6.07) is 13.5. The number of benzene rings is 1. The van der Waals surface area contributed by atoms with Crippen LogP contribution in [0.3, 0.4) is 0 Å². The first-order valence-corrected chi connectivity index (χ1v) is 12.0. The van der Waals surface area contributed by atoms with Crippen molar-refractivity contribution in [1.29, 1.82) is 0 Å². The molecule has 4 heterocycles. The third kappa shape index (κ3) is 3.80. The molecule has 1 aliphatic heterocycles. The normalized spacial score (nSPS) is 24.3. The van der Waals surface area contributed by atoms with Crippen molar-refractivity contribution in [2.75, 3.05) is 23.3 Å². The number of nitrogens with one attached hydrogen (secondary N) is 1. The molecule has 4 unspecified atom stereocenters. The van der Waals surface area contributed by atoms with Crippen LogP contribution in [0.1, 0.15) is 37.6 Å². The Morgan fingerprint density at radius 2 is 2.00 bits per heavy atom. The molecule has 2 N–H and O–H groups in total. The molecule has 4 atom stereocenters. The lowest BCUT2D eigenvalue weighted by molar-refractivity contribution is -0.0277. The second kappa shape index (κ2) is 7.98. The van der Waals surface area contributed by atoms with Gasteiger partial charge in [0.1, 0.15) is 23.6 Å². The number of fused-ring (bicyclic) bond motifs is 2. The van der Waals surface area contributed by atoms with Crippen LogP contribution in [-0.4, -0.2) is 48.6 Å². The summed E-state index contributed by atoms with van der Waals surface area (Å²) in [6.45, 7) is 6.72. The lowest BCUT2D eigenvalue weighted by Gasteiger charge is -2.42. The zero-order chi connectivity index (χ0) is 24.3. The average molecular weight is 474 g/mol. The molecule has 6 rings (SSSR count). The topological polar surface area (TPSA) is 92.0 Å². The van der Waals surface area contributed by atoms with E-state index in [1.54, 1.807) is 20.2 Å². The molecule has 8 nitrogen and oxygen atoms in total. The van der Waals surface area contributed by atoms with E-state index in [9.17, 15) is 9.50 Å². The molecule has 1 saturated heterocycles. The minimum Gasteiger partial charge on any atom is -0.389 e. The van der Waals surface area contributed by atoms with E-state index in [0.29, 0.717) is 30.5 Å². The molecule has 0 spiro atoms. The highest BCUT2D eigenvalue weighted by atomic mass is 19.1. The molecular formula is C26H28FN7O. The van der Waals surface area contributed by atoms with Gasteiger partial charge in [0.15, 0.2) is 5.82 Å². The van der Waals surface area contributed by atoms with Crippen molar-refractivity contribution in [1.82, 2.24) is 24.7 Å². The van der Waals surface area contributed by atoms with E-state index in [-0.39, 0.29) is 5.92 Å². The molecule has 2 fully saturated rings. The van der Waals surface area contributed by atoms with E-state index in [2.05, 4.69) is 25.4 Å². The molecule has 35 heavy (non-hydrogen) atoms. The van der Waals surface area contributed by atoms with E-state index in [0.717, 1.165) is 40.3 Å². The third-order valence-corrected chi connectivity index (χ3v) is 7.38. The van der Waals surface area contributed by atoms with Crippen LogP contribution in [0.5, 0.6) is 0 Å². The van der Waals surface area contributed by atoms with Crippen molar-refractivity contribution in [3.05, 3.63) is 60.0 Å². The Bertz CT molecular complexity index is 1400. The van der Waals surface area contributed by atoms with Crippen LogP contribution in [0, 0.1) is 18.8 Å². The molecule has 0 bridgehead atoms. The number of halogens is 1. The van der Waals surface area contributed by atoms with Gasteiger partial charge in [-0.1, -0.05) is 0 Å². The summed E-state index contributed by atoms with van der Waals surface area (Å²) in [5.41, 5.74) is 3.08. The lowest BCUT2D eigenvalue weighted by Crippen LogP contribution is -2.47. The number of pyridine rings is 1. The van der Waals surface area contributed by atoms with E-state index < -0.39 is 11.8 Å². The molecular weight excluding hydrogens is 445 g/mol. The largest absolute Gasteiger partial charge is 0.389 e. The number of rotatable bonds is 5. The van der Waals surface area contributed by atoms with E-state index in [4.69, 9.17) is 4.98 Å². The number of imidazole rings is 1. The first-order chi connectivity index (χ1) is 16.8. The predicted octanol–water partition coefficient (Wildman–Crippen LogP) is 4.50. The van der Waals surface area contributed by atoms with Crippen molar-refractivity contribution >= 4 is 28.4 Å².